The number of likely N-dealkylation sites (N-methyl/N-ethyl adjacent to an activating group) is 1. The molecule has 0 heterocycles. The molecule has 1 atom stereocenters. The summed E-state index contributed by atoms with van der Waals surface area (Å²) in [6, 6.07) is 3.19. The number of alkyl halides is 2. The van der Waals surface area contributed by atoms with Crippen molar-refractivity contribution < 1.29 is 22.7 Å². The zero-order valence-corrected chi connectivity index (χ0v) is 9.21. The van der Waals surface area contributed by atoms with Crippen molar-refractivity contribution in [3.05, 3.63) is 35.4 Å². The summed E-state index contributed by atoms with van der Waals surface area (Å²) in [6.07, 6.45) is -4.03. The molecule has 1 N–H and O–H groups in total. The second-order valence-electron chi connectivity index (χ2n) is 3.76. The molecule has 2 nitrogen and oxygen atoms in total. The predicted molar refractivity (Wildman–Crippen MR) is 54.8 cm³/mol. The van der Waals surface area contributed by atoms with Gasteiger partial charge in [0.15, 0.2) is 0 Å². The molecule has 0 saturated heterocycles. The Morgan fingerprint density at radius 2 is 1.71 bits per heavy atom. The van der Waals surface area contributed by atoms with E-state index < -0.39 is 36.3 Å². The maximum Gasteiger partial charge on any atom is 0.251 e. The van der Waals surface area contributed by atoms with E-state index >= 15 is 0 Å². The fraction of sp³-hybridized carbons (Fsp3) is 0.455. The highest BCUT2D eigenvalue weighted by Crippen LogP contribution is 2.21. The maximum absolute atomic E-state index is 13.2. The molecule has 0 radical (unpaired) electrons. The molecule has 96 valence electrons. The van der Waals surface area contributed by atoms with Crippen LogP contribution in [0.2, 0.25) is 0 Å². The molecule has 0 aliphatic rings. The van der Waals surface area contributed by atoms with Gasteiger partial charge < -0.3 is 5.11 Å². The smallest absolute Gasteiger partial charge is 0.251 e. The van der Waals surface area contributed by atoms with Crippen LogP contribution in [0.1, 0.15) is 11.7 Å². The van der Waals surface area contributed by atoms with Gasteiger partial charge >= 0.3 is 0 Å². The SMILES string of the molecule is CN(CC(F)F)CC(O)c1c(F)cccc1F. The topological polar surface area (TPSA) is 23.5 Å². The highest BCUT2D eigenvalue weighted by atomic mass is 19.3. The average Bonchev–Trinajstić information content (AvgIpc) is 2.15. The minimum Gasteiger partial charge on any atom is -0.387 e. The zero-order valence-electron chi connectivity index (χ0n) is 9.21. The molecule has 1 aromatic carbocycles. The van der Waals surface area contributed by atoms with Gasteiger partial charge in [-0.3, -0.25) is 4.90 Å². The molecule has 1 aromatic rings. The summed E-state index contributed by atoms with van der Waals surface area (Å²) in [5.74, 6) is -1.77. The number of halogens is 4. The molecule has 1 unspecified atom stereocenters. The van der Waals surface area contributed by atoms with E-state index in [9.17, 15) is 22.7 Å². The highest BCUT2D eigenvalue weighted by Gasteiger charge is 2.20. The first kappa shape index (κ1) is 13.9. The van der Waals surface area contributed by atoms with Gasteiger partial charge in [-0.2, -0.15) is 0 Å². The van der Waals surface area contributed by atoms with E-state index in [1.807, 2.05) is 0 Å². The van der Waals surface area contributed by atoms with E-state index in [-0.39, 0.29) is 6.54 Å². The molecule has 17 heavy (non-hydrogen) atoms. The Morgan fingerprint density at radius 3 is 2.18 bits per heavy atom. The largest absolute Gasteiger partial charge is 0.387 e. The van der Waals surface area contributed by atoms with Gasteiger partial charge in [-0.1, -0.05) is 6.07 Å². The Morgan fingerprint density at radius 1 is 1.18 bits per heavy atom. The van der Waals surface area contributed by atoms with Crippen LogP contribution in [0.25, 0.3) is 0 Å². The Bertz CT molecular complexity index is 352. The van der Waals surface area contributed by atoms with Crippen molar-refractivity contribution in [1.82, 2.24) is 4.90 Å². The standard InChI is InChI=1S/C11H13F4NO/c1-16(6-10(14)15)5-9(17)11-7(12)3-2-4-8(11)13/h2-4,9-10,17H,5-6H2,1H3. The molecule has 0 bridgehead atoms. The Hall–Kier alpha value is -1.14. The van der Waals surface area contributed by atoms with Gasteiger partial charge in [0, 0.05) is 6.54 Å². The van der Waals surface area contributed by atoms with Gasteiger partial charge in [0.25, 0.3) is 6.43 Å². The van der Waals surface area contributed by atoms with Gasteiger partial charge in [-0.15, -0.1) is 0 Å². The number of aliphatic hydroxyl groups excluding tert-OH is 1. The molecular weight excluding hydrogens is 238 g/mol. The van der Waals surface area contributed by atoms with Gasteiger partial charge in [0.2, 0.25) is 0 Å². The number of benzene rings is 1. The van der Waals surface area contributed by atoms with Crippen LogP contribution in [0.3, 0.4) is 0 Å². The molecule has 0 saturated carbocycles. The molecule has 0 aliphatic heterocycles. The van der Waals surface area contributed by atoms with Crippen molar-refractivity contribution in [1.29, 1.82) is 0 Å². The van der Waals surface area contributed by atoms with Crippen molar-refractivity contribution in [3.8, 4) is 0 Å². The fourth-order valence-corrected chi connectivity index (χ4v) is 1.53. The number of hydrogen-bond donors (Lipinski definition) is 1. The molecule has 0 fully saturated rings. The molecule has 0 aliphatic carbocycles. The van der Waals surface area contributed by atoms with E-state index in [2.05, 4.69) is 0 Å². The molecule has 0 aromatic heterocycles. The second kappa shape index (κ2) is 5.97. The molecular formula is C11H13F4NO. The Kier molecular flexibility index (Phi) is 4.89. The predicted octanol–water partition coefficient (Wildman–Crippen LogP) is 2.20. The number of aliphatic hydroxyl groups is 1. The van der Waals surface area contributed by atoms with E-state index in [1.54, 1.807) is 0 Å². The van der Waals surface area contributed by atoms with Crippen LogP contribution >= 0.6 is 0 Å². The lowest BCUT2D eigenvalue weighted by Gasteiger charge is -2.20. The lowest BCUT2D eigenvalue weighted by molar-refractivity contribution is 0.0657. The minimum absolute atomic E-state index is 0.262. The van der Waals surface area contributed by atoms with Gasteiger partial charge in [-0.25, -0.2) is 17.6 Å². The minimum atomic E-state index is -2.56. The van der Waals surface area contributed by atoms with Crippen LogP contribution in [0.4, 0.5) is 17.6 Å². The third kappa shape index (κ3) is 3.98. The van der Waals surface area contributed by atoms with Gasteiger partial charge in [0.05, 0.1) is 18.2 Å². The summed E-state index contributed by atoms with van der Waals surface area (Å²) in [7, 11) is 1.34. The van der Waals surface area contributed by atoms with Crippen molar-refractivity contribution in [2.45, 2.75) is 12.5 Å². The first-order valence-electron chi connectivity index (χ1n) is 5.00. The molecule has 0 spiro atoms. The third-order valence-electron chi connectivity index (χ3n) is 2.27. The van der Waals surface area contributed by atoms with Crippen LogP contribution in [-0.2, 0) is 0 Å². The van der Waals surface area contributed by atoms with Crippen LogP contribution in [0.15, 0.2) is 18.2 Å². The Labute approximate surface area is 96.5 Å². The summed E-state index contributed by atoms with van der Waals surface area (Å²) >= 11 is 0. The highest BCUT2D eigenvalue weighted by molar-refractivity contribution is 5.22. The lowest BCUT2D eigenvalue weighted by Crippen LogP contribution is -2.29. The summed E-state index contributed by atoms with van der Waals surface area (Å²) < 4.78 is 50.5. The summed E-state index contributed by atoms with van der Waals surface area (Å²) in [5.41, 5.74) is -0.492. The van der Waals surface area contributed by atoms with Crippen molar-refractivity contribution in [2.75, 3.05) is 20.1 Å². The average molecular weight is 251 g/mol. The van der Waals surface area contributed by atoms with Crippen LogP contribution in [-0.4, -0.2) is 36.6 Å². The first-order valence-corrected chi connectivity index (χ1v) is 5.00. The zero-order chi connectivity index (χ0) is 13.0. The molecule has 0 amide bonds. The normalized spacial score (nSPS) is 13.4. The van der Waals surface area contributed by atoms with Gasteiger partial charge in [-0.05, 0) is 19.2 Å². The maximum atomic E-state index is 13.2. The Balaban J connectivity index is 2.73. The van der Waals surface area contributed by atoms with E-state index in [0.29, 0.717) is 0 Å². The van der Waals surface area contributed by atoms with E-state index in [1.165, 1.54) is 13.1 Å². The second-order valence-corrected chi connectivity index (χ2v) is 3.76. The monoisotopic (exact) mass is 251 g/mol. The number of rotatable bonds is 5. The number of hydrogen-bond acceptors (Lipinski definition) is 2. The first-order chi connectivity index (χ1) is 7.91. The number of nitrogens with zero attached hydrogens (tertiary/aromatic N) is 1. The summed E-state index contributed by atoms with van der Waals surface area (Å²) in [6.45, 7) is -0.824. The van der Waals surface area contributed by atoms with Crippen molar-refractivity contribution in [2.24, 2.45) is 0 Å². The lowest BCUT2D eigenvalue weighted by atomic mass is 10.1. The van der Waals surface area contributed by atoms with Gasteiger partial charge in [0.1, 0.15) is 11.6 Å². The van der Waals surface area contributed by atoms with Crippen molar-refractivity contribution >= 4 is 0 Å². The third-order valence-corrected chi connectivity index (χ3v) is 2.27. The van der Waals surface area contributed by atoms with E-state index in [0.717, 1.165) is 17.0 Å². The molecule has 1 rings (SSSR count). The van der Waals surface area contributed by atoms with E-state index in [4.69, 9.17) is 0 Å². The summed E-state index contributed by atoms with van der Waals surface area (Å²) in [4.78, 5) is 1.11. The quantitative estimate of drug-likeness (QED) is 0.811. The fourth-order valence-electron chi connectivity index (χ4n) is 1.53. The molecule has 6 heteroatoms. The van der Waals surface area contributed by atoms with Crippen LogP contribution in [0, 0.1) is 11.6 Å². The summed E-state index contributed by atoms with van der Waals surface area (Å²) in [5, 5.41) is 9.60. The van der Waals surface area contributed by atoms with Crippen LogP contribution in [0.5, 0.6) is 0 Å². The van der Waals surface area contributed by atoms with Crippen LogP contribution < -0.4 is 0 Å². The van der Waals surface area contributed by atoms with Crippen molar-refractivity contribution in [3.63, 3.8) is 0 Å².